The highest BCUT2D eigenvalue weighted by Gasteiger charge is 2.40. The van der Waals surface area contributed by atoms with Crippen molar-refractivity contribution in [3.05, 3.63) is 58.6 Å². The molecule has 3 heterocycles. The molecule has 0 radical (unpaired) electrons. The second-order valence-corrected chi connectivity index (χ2v) is 8.88. The minimum Gasteiger partial charge on any atom is -0.370 e. The van der Waals surface area contributed by atoms with Gasteiger partial charge < -0.3 is 9.80 Å². The lowest BCUT2D eigenvalue weighted by Gasteiger charge is -2.36. The minimum absolute atomic E-state index is 0.0704. The first kappa shape index (κ1) is 20.1. The molecular weight excluding hydrogens is 414 g/mol. The number of carbonyl (C=O) groups excluding carboxylic acids is 3. The van der Waals surface area contributed by atoms with Crippen LogP contribution in [0.2, 0.25) is 5.02 Å². The molecule has 2 aromatic rings. The van der Waals surface area contributed by atoms with Gasteiger partial charge in [-0.3, -0.25) is 14.4 Å². The first-order chi connectivity index (χ1) is 15.0. The van der Waals surface area contributed by atoms with Crippen molar-refractivity contribution in [2.45, 2.75) is 25.7 Å². The molecule has 0 saturated carbocycles. The zero-order valence-electron chi connectivity index (χ0n) is 17.2. The molecule has 2 aromatic carbocycles. The van der Waals surface area contributed by atoms with Crippen molar-refractivity contribution in [1.29, 1.82) is 0 Å². The molecule has 0 spiro atoms. The number of anilines is 2. The summed E-state index contributed by atoms with van der Waals surface area (Å²) in [6.07, 6.45) is 3.89. The number of piperidine rings is 1. The average molecular weight is 438 g/mol. The Balaban J connectivity index is 1.45. The van der Waals surface area contributed by atoms with E-state index in [4.69, 9.17) is 11.6 Å². The van der Waals surface area contributed by atoms with Crippen molar-refractivity contribution in [3.63, 3.8) is 0 Å². The predicted molar refractivity (Wildman–Crippen MR) is 120 cm³/mol. The van der Waals surface area contributed by atoms with Gasteiger partial charge in [-0.1, -0.05) is 23.7 Å². The second-order valence-electron chi connectivity index (χ2n) is 8.44. The van der Waals surface area contributed by atoms with E-state index in [2.05, 4.69) is 4.90 Å². The van der Waals surface area contributed by atoms with Crippen LogP contribution in [-0.4, -0.2) is 48.8 Å². The number of carbonyl (C=O) groups is 3. The van der Waals surface area contributed by atoms with Gasteiger partial charge in [0.15, 0.2) is 0 Å². The van der Waals surface area contributed by atoms with Crippen LogP contribution in [0.25, 0.3) is 0 Å². The van der Waals surface area contributed by atoms with E-state index in [0.29, 0.717) is 28.4 Å². The molecule has 0 N–H and O–H groups in total. The van der Waals surface area contributed by atoms with E-state index in [-0.39, 0.29) is 23.6 Å². The monoisotopic (exact) mass is 437 g/mol. The molecule has 0 aromatic heterocycles. The summed E-state index contributed by atoms with van der Waals surface area (Å²) in [5.74, 6) is -0.534. The molecule has 2 fully saturated rings. The van der Waals surface area contributed by atoms with Gasteiger partial charge in [0, 0.05) is 31.2 Å². The van der Waals surface area contributed by atoms with Gasteiger partial charge in [-0.2, -0.15) is 0 Å². The van der Waals surface area contributed by atoms with E-state index in [1.807, 2.05) is 17.0 Å². The summed E-state index contributed by atoms with van der Waals surface area (Å²) in [7, 11) is 0. The molecule has 1 unspecified atom stereocenters. The van der Waals surface area contributed by atoms with Gasteiger partial charge >= 0.3 is 0 Å². The summed E-state index contributed by atoms with van der Waals surface area (Å²) in [6, 6.07) is 12.1. The molecular formula is C24H24ClN3O3. The number of likely N-dealkylation sites (tertiary alicyclic amines) is 1. The van der Waals surface area contributed by atoms with Crippen molar-refractivity contribution in [2.24, 2.45) is 5.92 Å². The summed E-state index contributed by atoms with van der Waals surface area (Å²) < 4.78 is 0. The van der Waals surface area contributed by atoms with Crippen LogP contribution in [0.15, 0.2) is 42.5 Å². The van der Waals surface area contributed by atoms with Crippen molar-refractivity contribution < 1.29 is 14.4 Å². The van der Waals surface area contributed by atoms with E-state index in [9.17, 15) is 14.4 Å². The standard InChI is InChI=1S/C24H24ClN3O3/c25-17-7-3-8-18(14-17)28-23(30)19-9-4-10-20(21(19)24(28)31)27-13-5-6-16(15-27)22(29)26-11-1-2-12-26/h3-4,7-10,14,16H,1-2,5-6,11-13,15H2. The number of fused-ring (bicyclic) bond motifs is 1. The van der Waals surface area contributed by atoms with Crippen LogP contribution in [0.1, 0.15) is 46.4 Å². The largest absolute Gasteiger partial charge is 0.370 e. The third-order valence-corrected chi connectivity index (χ3v) is 6.72. The van der Waals surface area contributed by atoms with Crippen LogP contribution >= 0.6 is 11.6 Å². The predicted octanol–water partition coefficient (Wildman–Crippen LogP) is 3.98. The van der Waals surface area contributed by atoms with Crippen LogP contribution in [0.5, 0.6) is 0 Å². The zero-order chi connectivity index (χ0) is 21.5. The zero-order valence-corrected chi connectivity index (χ0v) is 18.0. The van der Waals surface area contributed by atoms with E-state index in [0.717, 1.165) is 51.0 Å². The summed E-state index contributed by atoms with van der Waals surface area (Å²) in [5.41, 5.74) is 2.02. The van der Waals surface area contributed by atoms with Crippen molar-refractivity contribution in [2.75, 3.05) is 36.0 Å². The number of hydrogen-bond acceptors (Lipinski definition) is 4. The fraction of sp³-hybridized carbons (Fsp3) is 0.375. The molecule has 3 aliphatic rings. The molecule has 6 nitrogen and oxygen atoms in total. The molecule has 160 valence electrons. The van der Waals surface area contributed by atoms with Gasteiger partial charge in [0.1, 0.15) is 0 Å². The van der Waals surface area contributed by atoms with Crippen LogP contribution in [0, 0.1) is 5.92 Å². The molecule has 1 atom stereocenters. The normalized spacial score (nSPS) is 21.1. The van der Waals surface area contributed by atoms with Crippen molar-refractivity contribution >= 4 is 40.7 Å². The Kier molecular flexibility index (Phi) is 5.18. The Labute approximate surface area is 186 Å². The average Bonchev–Trinajstić information content (AvgIpc) is 3.41. The Bertz CT molecular complexity index is 1060. The summed E-state index contributed by atoms with van der Waals surface area (Å²) >= 11 is 6.09. The second kappa shape index (κ2) is 8.00. The molecule has 31 heavy (non-hydrogen) atoms. The topological polar surface area (TPSA) is 60.9 Å². The highest BCUT2D eigenvalue weighted by atomic mass is 35.5. The number of hydrogen-bond donors (Lipinski definition) is 0. The smallest absolute Gasteiger partial charge is 0.268 e. The number of benzene rings is 2. The maximum atomic E-state index is 13.4. The molecule has 3 aliphatic heterocycles. The van der Waals surface area contributed by atoms with Gasteiger partial charge in [-0.05, 0) is 56.0 Å². The molecule has 5 rings (SSSR count). The lowest BCUT2D eigenvalue weighted by atomic mass is 9.95. The van der Waals surface area contributed by atoms with Crippen molar-refractivity contribution in [3.8, 4) is 0 Å². The molecule has 2 saturated heterocycles. The maximum Gasteiger partial charge on any atom is 0.268 e. The summed E-state index contributed by atoms with van der Waals surface area (Å²) in [5, 5.41) is 0.466. The Hall–Kier alpha value is -2.86. The van der Waals surface area contributed by atoms with Gasteiger partial charge in [-0.15, -0.1) is 0 Å². The lowest BCUT2D eigenvalue weighted by molar-refractivity contribution is -0.134. The van der Waals surface area contributed by atoms with Gasteiger partial charge in [0.25, 0.3) is 11.8 Å². The number of imide groups is 1. The Morgan fingerprint density at radius 1 is 0.935 bits per heavy atom. The number of amides is 3. The lowest BCUT2D eigenvalue weighted by Crippen LogP contribution is -2.44. The van der Waals surface area contributed by atoms with Crippen LogP contribution in [0.4, 0.5) is 11.4 Å². The third-order valence-electron chi connectivity index (χ3n) is 6.49. The first-order valence-electron chi connectivity index (χ1n) is 10.9. The molecule has 7 heteroatoms. The first-order valence-corrected chi connectivity index (χ1v) is 11.2. The Morgan fingerprint density at radius 3 is 2.48 bits per heavy atom. The molecule has 3 amide bonds. The highest BCUT2D eigenvalue weighted by molar-refractivity contribution is 6.37. The molecule has 0 bridgehead atoms. The van der Waals surface area contributed by atoms with E-state index in [1.54, 1.807) is 30.3 Å². The number of rotatable bonds is 3. The van der Waals surface area contributed by atoms with Crippen LogP contribution in [0.3, 0.4) is 0 Å². The van der Waals surface area contributed by atoms with Crippen LogP contribution in [-0.2, 0) is 4.79 Å². The fourth-order valence-corrected chi connectivity index (χ4v) is 5.16. The third kappa shape index (κ3) is 3.49. The van der Waals surface area contributed by atoms with Gasteiger partial charge in [0.2, 0.25) is 5.91 Å². The highest BCUT2D eigenvalue weighted by Crippen LogP contribution is 2.37. The minimum atomic E-state index is -0.342. The van der Waals surface area contributed by atoms with Gasteiger partial charge in [0.05, 0.1) is 28.4 Å². The van der Waals surface area contributed by atoms with Crippen LogP contribution < -0.4 is 9.80 Å². The van der Waals surface area contributed by atoms with Crippen molar-refractivity contribution in [1.82, 2.24) is 4.90 Å². The summed E-state index contributed by atoms with van der Waals surface area (Å²) in [4.78, 5) is 44.7. The number of halogens is 1. The van der Waals surface area contributed by atoms with E-state index < -0.39 is 0 Å². The Morgan fingerprint density at radius 2 is 1.71 bits per heavy atom. The number of nitrogens with zero attached hydrogens (tertiary/aromatic N) is 3. The van der Waals surface area contributed by atoms with E-state index in [1.165, 1.54) is 4.90 Å². The SMILES string of the molecule is O=C(C1CCCN(c2cccc3c2C(=O)N(c2cccc(Cl)c2)C3=O)C1)N1CCCC1. The fourth-order valence-electron chi connectivity index (χ4n) is 4.97. The quantitative estimate of drug-likeness (QED) is 0.681. The van der Waals surface area contributed by atoms with E-state index >= 15 is 0 Å². The van der Waals surface area contributed by atoms with Gasteiger partial charge in [-0.25, -0.2) is 4.90 Å². The summed E-state index contributed by atoms with van der Waals surface area (Å²) in [6.45, 7) is 3.03. The maximum absolute atomic E-state index is 13.4. The molecule has 0 aliphatic carbocycles.